The molecule has 1 aromatic carbocycles. The monoisotopic (exact) mass is 283 g/mol. The molecular weight excluding hydrogens is 266 g/mol. The second kappa shape index (κ2) is 7.10. The number of carbonyl (C=O) groups is 1. The van der Waals surface area contributed by atoms with E-state index in [2.05, 4.69) is 5.32 Å². The first kappa shape index (κ1) is 15.5. The third kappa shape index (κ3) is 4.53. The van der Waals surface area contributed by atoms with Crippen molar-refractivity contribution in [2.45, 2.75) is 24.3 Å². The fourth-order valence-electron chi connectivity index (χ4n) is 1.49. The van der Waals surface area contributed by atoms with Crippen LogP contribution in [0.5, 0.6) is 0 Å². The zero-order chi connectivity index (χ0) is 14.4. The maximum absolute atomic E-state index is 11.8. The van der Waals surface area contributed by atoms with Gasteiger partial charge in [-0.25, -0.2) is 0 Å². The van der Waals surface area contributed by atoms with Crippen LogP contribution in [0.1, 0.15) is 23.7 Å². The van der Waals surface area contributed by atoms with E-state index in [0.717, 1.165) is 0 Å². The minimum atomic E-state index is -0.482. The molecule has 0 aliphatic heterocycles. The standard InChI is InChI=1S/C12H17N3O3S/c1-8(13)5-6-14-12(16)9-3-4-11(19-2)10(7-9)15(17)18/h3-4,7-8H,5-6,13H2,1-2H3,(H,14,16). The molecule has 0 fully saturated rings. The Balaban J connectivity index is 2.81. The van der Waals surface area contributed by atoms with Crippen molar-refractivity contribution in [2.75, 3.05) is 12.8 Å². The van der Waals surface area contributed by atoms with Crippen LogP contribution in [-0.4, -0.2) is 29.7 Å². The van der Waals surface area contributed by atoms with Crippen molar-refractivity contribution < 1.29 is 9.72 Å². The first-order valence-electron chi connectivity index (χ1n) is 5.82. The van der Waals surface area contributed by atoms with E-state index >= 15 is 0 Å². The molecule has 3 N–H and O–H groups in total. The molecule has 1 unspecified atom stereocenters. The van der Waals surface area contributed by atoms with Crippen LogP contribution in [0.2, 0.25) is 0 Å². The molecule has 0 aromatic heterocycles. The normalized spacial score (nSPS) is 11.9. The Hall–Kier alpha value is -1.60. The van der Waals surface area contributed by atoms with E-state index in [1.54, 1.807) is 18.4 Å². The maximum Gasteiger partial charge on any atom is 0.283 e. The lowest BCUT2D eigenvalue weighted by Crippen LogP contribution is -2.28. The highest BCUT2D eigenvalue weighted by Crippen LogP contribution is 2.28. The molecular formula is C12H17N3O3S. The van der Waals surface area contributed by atoms with Crippen LogP contribution in [0, 0.1) is 10.1 Å². The number of amides is 1. The lowest BCUT2D eigenvalue weighted by atomic mass is 10.2. The van der Waals surface area contributed by atoms with E-state index in [-0.39, 0.29) is 23.2 Å². The average molecular weight is 283 g/mol. The molecule has 1 aromatic rings. The third-order valence-electron chi connectivity index (χ3n) is 2.52. The van der Waals surface area contributed by atoms with Crippen LogP contribution in [0.15, 0.2) is 23.1 Å². The van der Waals surface area contributed by atoms with Crippen molar-refractivity contribution in [1.29, 1.82) is 0 Å². The molecule has 104 valence electrons. The van der Waals surface area contributed by atoms with Crippen molar-refractivity contribution in [3.05, 3.63) is 33.9 Å². The minimum Gasteiger partial charge on any atom is -0.352 e. The smallest absolute Gasteiger partial charge is 0.283 e. The van der Waals surface area contributed by atoms with Crippen LogP contribution in [0.3, 0.4) is 0 Å². The zero-order valence-corrected chi connectivity index (χ0v) is 11.7. The van der Waals surface area contributed by atoms with Crippen molar-refractivity contribution >= 4 is 23.4 Å². The number of hydrogen-bond donors (Lipinski definition) is 2. The van der Waals surface area contributed by atoms with Gasteiger partial charge in [-0.3, -0.25) is 14.9 Å². The summed E-state index contributed by atoms with van der Waals surface area (Å²) in [5, 5.41) is 13.6. The minimum absolute atomic E-state index is 0.00787. The Kier molecular flexibility index (Phi) is 5.78. The second-order valence-electron chi connectivity index (χ2n) is 4.17. The maximum atomic E-state index is 11.8. The Morgan fingerprint density at radius 1 is 1.58 bits per heavy atom. The molecule has 0 heterocycles. The summed E-state index contributed by atoms with van der Waals surface area (Å²) in [7, 11) is 0. The van der Waals surface area contributed by atoms with Gasteiger partial charge >= 0.3 is 0 Å². The predicted molar refractivity (Wildman–Crippen MR) is 75.5 cm³/mol. The van der Waals surface area contributed by atoms with Crippen molar-refractivity contribution in [3.63, 3.8) is 0 Å². The molecule has 1 amide bonds. The van der Waals surface area contributed by atoms with E-state index in [4.69, 9.17) is 5.73 Å². The molecule has 0 aliphatic rings. The number of nitro groups is 1. The summed E-state index contributed by atoms with van der Waals surface area (Å²) in [5.41, 5.74) is 5.81. The lowest BCUT2D eigenvalue weighted by molar-refractivity contribution is -0.387. The van der Waals surface area contributed by atoms with Gasteiger partial charge in [-0.1, -0.05) is 0 Å². The van der Waals surface area contributed by atoms with Crippen LogP contribution in [0.25, 0.3) is 0 Å². The summed E-state index contributed by atoms with van der Waals surface area (Å²) in [6, 6.07) is 4.48. The van der Waals surface area contributed by atoms with Gasteiger partial charge in [0, 0.05) is 24.2 Å². The Morgan fingerprint density at radius 2 is 2.26 bits per heavy atom. The predicted octanol–water partition coefficient (Wildman–Crippen LogP) is 1.78. The Labute approximate surface area is 115 Å². The van der Waals surface area contributed by atoms with E-state index in [1.165, 1.54) is 17.8 Å². The van der Waals surface area contributed by atoms with Gasteiger partial charge in [-0.05, 0) is 31.7 Å². The summed E-state index contributed by atoms with van der Waals surface area (Å²) < 4.78 is 0. The van der Waals surface area contributed by atoms with Crippen molar-refractivity contribution in [3.8, 4) is 0 Å². The Morgan fingerprint density at radius 3 is 2.79 bits per heavy atom. The van der Waals surface area contributed by atoms with E-state index in [1.807, 2.05) is 6.92 Å². The van der Waals surface area contributed by atoms with Crippen LogP contribution in [-0.2, 0) is 0 Å². The number of benzene rings is 1. The number of nitrogens with one attached hydrogen (secondary N) is 1. The third-order valence-corrected chi connectivity index (χ3v) is 3.31. The molecule has 1 rings (SSSR count). The van der Waals surface area contributed by atoms with Gasteiger partial charge in [0.15, 0.2) is 0 Å². The Bertz CT molecular complexity index is 477. The van der Waals surface area contributed by atoms with Crippen LogP contribution < -0.4 is 11.1 Å². The number of hydrogen-bond acceptors (Lipinski definition) is 5. The van der Waals surface area contributed by atoms with Crippen molar-refractivity contribution in [1.82, 2.24) is 5.32 Å². The van der Waals surface area contributed by atoms with Crippen molar-refractivity contribution in [2.24, 2.45) is 5.73 Å². The molecule has 0 radical (unpaired) electrons. The van der Waals surface area contributed by atoms with Gasteiger partial charge < -0.3 is 11.1 Å². The molecule has 7 heteroatoms. The highest BCUT2D eigenvalue weighted by molar-refractivity contribution is 7.98. The van der Waals surface area contributed by atoms with Gasteiger partial charge in [0.1, 0.15) is 0 Å². The van der Waals surface area contributed by atoms with E-state index in [0.29, 0.717) is 17.9 Å². The van der Waals surface area contributed by atoms with Crippen LogP contribution >= 0.6 is 11.8 Å². The van der Waals surface area contributed by atoms with Gasteiger partial charge in [-0.15, -0.1) is 11.8 Å². The lowest BCUT2D eigenvalue weighted by Gasteiger charge is -2.08. The second-order valence-corrected chi connectivity index (χ2v) is 5.01. The molecule has 0 spiro atoms. The van der Waals surface area contributed by atoms with E-state index in [9.17, 15) is 14.9 Å². The summed E-state index contributed by atoms with van der Waals surface area (Å²) in [5.74, 6) is -0.323. The van der Waals surface area contributed by atoms with Gasteiger partial charge in [0.2, 0.25) is 0 Å². The molecule has 0 saturated carbocycles. The summed E-state index contributed by atoms with van der Waals surface area (Å²) in [6.45, 7) is 2.30. The van der Waals surface area contributed by atoms with E-state index < -0.39 is 4.92 Å². The summed E-state index contributed by atoms with van der Waals surface area (Å²) in [4.78, 5) is 22.8. The number of carbonyl (C=O) groups excluding carboxylic acids is 1. The quantitative estimate of drug-likeness (QED) is 0.471. The average Bonchev–Trinajstić information content (AvgIpc) is 2.37. The number of nitrogens with two attached hydrogens (primary N) is 1. The fraction of sp³-hybridized carbons (Fsp3) is 0.417. The zero-order valence-electron chi connectivity index (χ0n) is 10.9. The number of thioether (sulfide) groups is 1. The molecule has 0 aliphatic carbocycles. The van der Waals surface area contributed by atoms with Gasteiger partial charge in [-0.2, -0.15) is 0 Å². The van der Waals surface area contributed by atoms with Crippen LogP contribution in [0.4, 0.5) is 5.69 Å². The topological polar surface area (TPSA) is 98.3 Å². The highest BCUT2D eigenvalue weighted by Gasteiger charge is 2.16. The first-order chi connectivity index (χ1) is 8.95. The molecule has 0 bridgehead atoms. The highest BCUT2D eigenvalue weighted by atomic mass is 32.2. The first-order valence-corrected chi connectivity index (χ1v) is 7.04. The van der Waals surface area contributed by atoms with Gasteiger partial charge in [0.25, 0.3) is 11.6 Å². The molecule has 19 heavy (non-hydrogen) atoms. The fourth-order valence-corrected chi connectivity index (χ4v) is 2.04. The molecule has 1 atom stereocenters. The number of nitro benzene ring substituents is 1. The molecule has 0 saturated heterocycles. The van der Waals surface area contributed by atoms with Gasteiger partial charge in [0.05, 0.1) is 9.82 Å². The largest absolute Gasteiger partial charge is 0.352 e. The molecule has 6 nitrogen and oxygen atoms in total. The number of nitrogens with zero attached hydrogens (tertiary/aromatic N) is 1. The number of rotatable bonds is 6. The summed E-state index contributed by atoms with van der Waals surface area (Å²) in [6.07, 6.45) is 2.42. The summed E-state index contributed by atoms with van der Waals surface area (Å²) >= 11 is 1.28. The SMILES string of the molecule is CSc1ccc(C(=O)NCCC(C)N)cc1[N+](=O)[O-].